The van der Waals surface area contributed by atoms with Gasteiger partial charge in [0.2, 0.25) is 0 Å². The van der Waals surface area contributed by atoms with Gasteiger partial charge in [-0.05, 0) is 35.8 Å². The molecule has 0 saturated carbocycles. The highest BCUT2D eigenvalue weighted by molar-refractivity contribution is 8.02. The van der Waals surface area contributed by atoms with E-state index in [4.69, 9.17) is 11.6 Å². The normalized spacial score (nSPS) is 11.7. The van der Waals surface area contributed by atoms with Crippen molar-refractivity contribution in [3.8, 4) is 6.07 Å². The van der Waals surface area contributed by atoms with Gasteiger partial charge in [-0.1, -0.05) is 54.1 Å². The molecule has 0 aliphatic heterocycles. The van der Waals surface area contributed by atoms with Crippen molar-refractivity contribution in [3.63, 3.8) is 0 Å². The third kappa shape index (κ3) is 3.90. The Morgan fingerprint density at radius 2 is 1.75 bits per heavy atom. The summed E-state index contributed by atoms with van der Waals surface area (Å²) in [6.45, 7) is 1.97. The van der Waals surface area contributed by atoms with E-state index in [2.05, 4.69) is 18.2 Å². The lowest BCUT2D eigenvalue weighted by Gasteiger charge is -2.06. The fraction of sp³-hybridized carbons (Fsp3) is 0.118. The highest BCUT2D eigenvalue weighted by Crippen LogP contribution is 2.29. The van der Waals surface area contributed by atoms with E-state index in [0.717, 1.165) is 21.8 Å². The van der Waals surface area contributed by atoms with Gasteiger partial charge in [-0.2, -0.15) is 5.26 Å². The second-order valence-electron chi connectivity index (χ2n) is 4.35. The number of hydrogen-bond acceptors (Lipinski definition) is 2. The molecule has 0 saturated heterocycles. The van der Waals surface area contributed by atoms with E-state index in [1.54, 1.807) is 11.8 Å². The predicted molar refractivity (Wildman–Crippen MR) is 87.4 cm³/mol. The molecule has 0 fully saturated rings. The van der Waals surface area contributed by atoms with Gasteiger partial charge in [0.15, 0.2) is 0 Å². The summed E-state index contributed by atoms with van der Waals surface area (Å²) >= 11 is 7.45. The summed E-state index contributed by atoms with van der Waals surface area (Å²) in [5.74, 6) is 0.800. The lowest BCUT2D eigenvalue weighted by atomic mass is 10.1. The topological polar surface area (TPSA) is 23.8 Å². The van der Waals surface area contributed by atoms with Gasteiger partial charge < -0.3 is 0 Å². The zero-order chi connectivity index (χ0) is 14.4. The molecule has 2 rings (SSSR count). The summed E-state index contributed by atoms with van der Waals surface area (Å²) in [6.07, 6.45) is 0. The minimum atomic E-state index is 0.706. The molecule has 0 radical (unpaired) electrons. The van der Waals surface area contributed by atoms with Crippen LogP contribution in [0.4, 0.5) is 0 Å². The summed E-state index contributed by atoms with van der Waals surface area (Å²) in [7, 11) is 0. The van der Waals surface area contributed by atoms with Gasteiger partial charge in [0.25, 0.3) is 0 Å². The molecule has 0 atom stereocenters. The van der Waals surface area contributed by atoms with Gasteiger partial charge in [-0.3, -0.25) is 0 Å². The zero-order valence-corrected chi connectivity index (χ0v) is 12.7. The SMILES string of the molecule is C/C(=C(/C#N)SCc1ccccc1)c1ccc(Cl)cc1. The van der Waals surface area contributed by atoms with E-state index in [1.165, 1.54) is 5.56 Å². The van der Waals surface area contributed by atoms with Crippen molar-refractivity contribution >= 4 is 28.9 Å². The van der Waals surface area contributed by atoms with E-state index in [1.807, 2.05) is 49.4 Å². The Morgan fingerprint density at radius 1 is 1.10 bits per heavy atom. The van der Waals surface area contributed by atoms with Gasteiger partial charge >= 0.3 is 0 Å². The van der Waals surface area contributed by atoms with Crippen LogP contribution in [0.1, 0.15) is 18.1 Å². The smallest absolute Gasteiger partial charge is 0.106 e. The Labute approximate surface area is 128 Å². The molecule has 100 valence electrons. The second kappa shape index (κ2) is 7.19. The molecule has 2 aromatic rings. The van der Waals surface area contributed by atoms with Crippen molar-refractivity contribution in [2.45, 2.75) is 12.7 Å². The van der Waals surface area contributed by atoms with Crippen molar-refractivity contribution in [2.75, 3.05) is 0 Å². The van der Waals surface area contributed by atoms with E-state index in [-0.39, 0.29) is 0 Å². The van der Waals surface area contributed by atoms with E-state index >= 15 is 0 Å². The number of rotatable bonds is 4. The van der Waals surface area contributed by atoms with Gasteiger partial charge in [-0.25, -0.2) is 0 Å². The van der Waals surface area contributed by atoms with Gasteiger partial charge in [0.1, 0.15) is 6.07 Å². The minimum absolute atomic E-state index is 0.706. The van der Waals surface area contributed by atoms with Gasteiger partial charge in [0, 0.05) is 10.8 Å². The van der Waals surface area contributed by atoms with Crippen LogP contribution in [0, 0.1) is 11.3 Å². The summed E-state index contributed by atoms with van der Waals surface area (Å²) in [6, 6.07) is 20.0. The molecule has 3 heteroatoms. The number of allylic oxidation sites excluding steroid dienone is 2. The van der Waals surface area contributed by atoms with Crippen LogP contribution in [-0.4, -0.2) is 0 Å². The molecule has 0 aromatic heterocycles. The number of nitrogens with zero attached hydrogens (tertiary/aromatic N) is 1. The number of nitriles is 1. The molecule has 0 aliphatic carbocycles. The molecule has 2 aromatic carbocycles. The lowest BCUT2D eigenvalue weighted by molar-refractivity contribution is 1.42. The van der Waals surface area contributed by atoms with Crippen molar-refractivity contribution in [2.24, 2.45) is 0 Å². The van der Waals surface area contributed by atoms with Crippen molar-refractivity contribution in [3.05, 3.63) is 75.7 Å². The maximum absolute atomic E-state index is 9.34. The van der Waals surface area contributed by atoms with Crippen molar-refractivity contribution < 1.29 is 0 Å². The Balaban J connectivity index is 2.16. The average Bonchev–Trinajstić information content (AvgIpc) is 2.49. The zero-order valence-electron chi connectivity index (χ0n) is 11.1. The summed E-state index contributed by atoms with van der Waals surface area (Å²) in [4.78, 5) is 0.746. The molecule has 20 heavy (non-hydrogen) atoms. The van der Waals surface area contributed by atoms with Crippen LogP contribution in [0.2, 0.25) is 5.02 Å². The second-order valence-corrected chi connectivity index (χ2v) is 5.77. The Bertz CT molecular complexity index is 639. The third-order valence-corrected chi connectivity index (χ3v) is 4.36. The van der Waals surface area contributed by atoms with Crippen LogP contribution < -0.4 is 0 Å². The molecular formula is C17H14ClNS. The van der Waals surface area contributed by atoms with E-state index in [9.17, 15) is 5.26 Å². The Kier molecular flexibility index (Phi) is 5.29. The summed E-state index contributed by atoms with van der Waals surface area (Å²) in [5, 5.41) is 10.0. The first kappa shape index (κ1) is 14.7. The lowest BCUT2D eigenvalue weighted by Crippen LogP contribution is -1.86. The van der Waals surface area contributed by atoms with Crippen LogP contribution in [0.25, 0.3) is 5.57 Å². The van der Waals surface area contributed by atoms with E-state index < -0.39 is 0 Å². The van der Waals surface area contributed by atoms with Crippen LogP contribution in [0.5, 0.6) is 0 Å². The fourth-order valence-corrected chi connectivity index (χ4v) is 2.81. The number of halogens is 1. The van der Waals surface area contributed by atoms with Crippen LogP contribution >= 0.6 is 23.4 Å². The highest BCUT2D eigenvalue weighted by Gasteiger charge is 2.06. The maximum atomic E-state index is 9.34. The molecule has 0 heterocycles. The first-order valence-electron chi connectivity index (χ1n) is 6.24. The maximum Gasteiger partial charge on any atom is 0.106 e. The Morgan fingerprint density at radius 3 is 2.35 bits per heavy atom. The predicted octanol–water partition coefficient (Wildman–Crippen LogP) is 5.53. The number of hydrogen-bond donors (Lipinski definition) is 0. The molecule has 0 bridgehead atoms. The largest absolute Gasteiger partial charge is 0.192 e. The van der Waals surface area contributed by atoms with Crippen molar-refractivity contribution in [1.82, 2.24) is 0 Å². The Hall–Kier alpha value is -1.69. The molecule has 0 aliphatic rings. The fourth-order valence-electron chi connectivity index (χ4n) is 1.79. The number of benzene rings is 2. The third-order valence-electron chi connectivity index (χ3n) is 2.95. The minimum Gasteiger partial charge on any atom is -0.192 e. The quantitative estimate of drug-likeness (QED) is 0.693. The van der Waals surface area contributed by atoms with Crippen LogP contribution in [0.3, 0.4) is 0 Å². The molecule has 0 spiro atoms. The first-order chi connectivity index (χ1) is 9.70. The molecule has 0 unspecified atom stereocenters. The average molecular weight is 300 g/mol. The molecule has 0 N–H and O–H groups in total. The van der Waals surface area contributed by atoms with Crippen molar-refractivity contribution in [1.29, 1.82) is 5.26 Å². The van der Waals surface area contributed by atoms with Crippen LogP contribution in [0.15, 0.2) is 59.5 Å². The molecular weight excluding hydrogens is 286 g/mol. The van der Waals surface area contributed by atoms with Gasteiger partial charge in [0.05, 0.1) is 4.91 Å². The van der Waals surface area contributed by atoms with Gasteiger partial charge in [-0.15, -0.1) is 11.8 Å². The van der Waals surface area contributed by atoms with E-state index in [0.29, 0.717) is 5.02 Å². The standard InChI is InChI=1S/C17H14ClNS/c1-13(15-7-9-16(18)10-8-15)17(11-19)20-12-14-5-3-2-4-6-14/h2-10H,12H2,1H3/b17-13+. The summed E-state index contributed by atoms with van der Waals surface area (Å²) in [5.41, 5.74) is 3.24. The first-order valence-corrected chi connectivity index (χ1v) is 7.60. The number of thioether (sulfide) groups is 1. The highest BCUT2D eigenvalue weighted by atomic mass is 35.5. The monoisotopic (exact) mass is 299 g/mol. The molecule has 0 amide bonds. The summed E-state index contributed by atoms with van der Waals surface area (Å²) < 4.78 is 0. The molecule has 1 nitrogen and oxygen atoms in total. The van der Waals surface area contributed by atoms with Crippen LogP contribution in [-0.2, 0) is 5.75 Å².